The van der Waals surface area contributed by atoms with Crippen LogP contribution in [-0.2, 0) is 13.1 Å². The molecule has 0 aliphatic carbocycles. The molecule has 0 spiro atoms. The molecule has 5 nitrogen and oxygen atoms in total. The Balaban J connectivity index is 1.49. The Kier molecular flexibility index (Phi) is 4.77. The molecule has 1 aromatic heterocycles. The Bertz CT molecular complexity index is 775. The van der Waals surface area contributed by atoms with E-state index in [-0.39, 0.29) is 18.1 Å². The van der Waals surface area contributed by atoms with E-state index in [0.717, 1.165) is 37.8 Å². The molecule has 4 rings (SSSR count). The standard InChI is InChI=1S/C18H23F2N5S/c1-23-9-13(24-7-11-8-25(26-2)22-17(11)10-24)6-16(21)18(23)14-5-12(19)3-4-15(14)20/h3-5,8,13,16,18H,6-7,9-10,21H2,1-2H3/t13?,16?,18-/m1/s1. The van der Waals surface area contributed by atoms with Crippen LogP contribution in [0.3, 0.4) is 0 Å². The zero-order valence-corrected chi connectivity index (χ0v) is 15.7. The van der Waals surface area contributed by atoms with Gasteiger partial charge in [0.15, 0.2) is 0 Å². The molecule has 2 unspecified atom stereocenters. The molecule has 2 aliphatic heterocycles. The lowest BCUT2D eigenvalue weighted by Gasteiger charge is -2.44. The van der Waals surface area contributed by atoms with Gasteiger partial charge in [0.2, 0.25) is 0 Å². The quantitative estimate of drug-likeness (QED) is 0.887. The molecule has 1 saturated heterocycles. The summed E-state index contributed by atoms with van der Waals surface area (Å²) >= 11 is 1.58. The normalized spacial score (nSPS) is 27.0. The molecule has 140 valence electrons. The van der Waals surface area contributed by atoms with Crippen LogP contribution in [0, 0.1) is 11.6 Å². The lowest BCUT2D eigenvalue weighted by atomic mass is 9.88. The van der Waals surface area contributed by atoms with Crippen LogP contribution in [0.4, 0.5) is 8.78 Å². The van der Waals surface area contributed by atoms with Gasteiger partial charge in [0, 0.05) is 55.3 Å². The number of rotatable bonds is 3. The lowest BCUT2D eigenvalue weighted by Crippen LogP contribution is -2.54. The fourth-order valence-corrected chi connectivity index (χ4v) is 4.68. The van der Waals surface area contributed by atoms with E-state index in [9.17, 15) is 8.78 Å². The summed E-state index contributed by atoms with van der Waals surface area (Å²) < 4.78 is 29.7. The van der Waals surface area contributed by atoms with E-state index < -0.39 is 11.6 Å². The Labute approximate surface area is 156 Å². The van der Waals surface area contributed by atoms with Crippen LogP contribution in [0.15, 0.2) is 24.4 Å². The molecule has 3 atom stereocenters. The molecule has 26 heavy (non-hydrogen) atoms. The summed E-state index contributed by atoms with van der Waals surface area (Å²) in [6.07, 6.45) is 4.83. The smallest absolute Gasteiger partial charge is 0.128 e. The summed E-state index contributed by atoms with van der Waals surface area (Å²) in [4.78, 5) is 4.44. The van der Waals surface area contributed by atoms with Crippen LogP contribution in [0.5, 0.6) is 0 Å². The van der Waals surface area contributed by atoms with Crippen LogP contribution in [0.25, 0.3) is 0 Å². The summed E-state index contributed by atoms with van der Waals surface area (Å²) in [7, 11) is 1.93. The van der Waals surface area contributed by atoms with Gasteiger partial charge in [0.25, 0.3) is 0 Å². The second-order valence-corrected chi connectivity index (χ2v) is 7.93. The Morgan fingerprint density at radius 2 is 2.08 bits per heavy atom. The largest absolute Gasteiger partial charge is 0.326 e. The number of hydrogen-bond acceptors (Lipinski definition) is 5. The average molecular weight is 379 g/mol. The Morgan fingerprint density at radius 3 is 2.77 bits per heavy atom. The number of aromatic nitrogens is 2. The van der Waals surface area contributed by atoms with Crippen LogP contribution >= 0.6 is 11.9 Å². The molecule has 0 saturated carbocycles. The first-order valence-electron chi connectivity index (χ1n) is 8.73. The fraction of sp³-hybridized carbons (Fsp3) is 0.500. The van der Waals surface area contributed by atoms with Gasteiger partial charge in [-0.25, -0.2) is 12.9 Å². The third-order valence-corrected chi connectivity index (χ3v) is 6.05. The highest BCUT2D eigenvalue weighted by Gasteiger charge is 2.39. The fourth-order valence-electron chi connectivity index (χ4n) is 4.27. The summed E-state index contributed by atoms with van der Waals surface area (Å²) in [6, 6.07) is 3.31. The van der Waals surface area contributed by atoms with Crippen LogP contribution in [0.1, 0.15) is 29.3 Å². The van der Waals surface area contributed by atoms with Gasteiger partial charge < -0.3 is 5.73 Å². The minimum absolute atomic E-state index is 0.255. The number of fused-ring (bicyclic) bond motifs is 1. The molecular formula is C18H23F2N5S. The monoisotopic (exact) mass is 379 g/mol. The number of benzene rings is 1. The van der Waals surface area contributed by atoms with Gasteiger partial charge in [-0.3, -0.25) is 9.80 Å². The van der Waals surface area contributed by atoms with Gasteiger partial charge in [-0.1, -0.05) is 0 Å². The maximum atomic E-state index is 14.2. The highest BCUT2D eigenvalue weighted by molar-refractivity contribution is 7.97. The number of likely N-dealkylation sites (N-methyl/N-ethyl adjacent to an activating group) is 1. The van der Waals surface area contributed by atoms with Crippen molar-refractivity contribution in [2.75, 3.05) is 19.8 Å². The van der Waals surface area contributed by atoms with Gasteiger partial charge >= 0.3 is 0 Å². The molecule has 1 aromatic carbocycles. The summed E-state index contributed by atoms with van der Waals surface area (Å²) in [6.45, 7) is 2.44. The SMILES string of the molecule is CSn1cc2c(n1)CN(C1CC(N)[C@@H](c3cc(F)ccc3F)N(C)C1)C2. The number of halogens is 2. The third kappa shape index (κ3) is 3.15. The summed E-state index contributed by atoms with van der Waals surface area (Å²) in [5.74, 6) is -0.829. The van der Waals surface area contributed by atoms with Crippen molar-refractivity contribution in [3.8, 4) is 0 Å². The zero-order chi connectivity index (χ0) is 18.4. The van der Waals surface area contributed by atoms with Gasteiger partial charge in [-0.2, -0.15) is 5.10 Å². The van der Waals surface area contributed by atoms with Crippen molar-refractivity contribution in [2.45, 2.75) is 37.6 Å². The Morgan fingerprint density at radius 1 is 1.27 bits per heavy atom. The number of piperidine rings is 1. The van der Waals surface area contributed by atoms with Crippen molar-refractivity contribution in [3.05, 3.63) is 52.9 Å². The molecule has 0 amide bonds. The van der Waals surface area contributed by atoms with Crippen molar-refractivity contribution < 1.29 is 8.78 Å². The van der Waals surface area contributed by atoms with Gasteiger partial charge in [0.05, 0.1) is 11.7 Å². The molecule has 3 heterocycles. The predicted molar refractivity (Wildman–Crippen MR) is 98.5 cm³/mol. The summed E-state index contributed by atoms with van der Waals surface area (Å²) in [5, 5.41) is 4.58. The highest BCUT2D eigenvalue weighted by Crippen LogP contribution is 2.35. The van der Waals surface area contributed by atoms with Crippen molar-refractivity contribution >= 4 is 11.9 Å². The number of nitrogens with zero attached hydrogens (tertiary/aromatic N) is 4. The predicted octanol–water partition coefficient (Wildman–Crippen LogP) is 2.38. The molecule has 2 aliphatic rings. The van der Waals surface area contributed by atoms with Crippen LogP contribution < -0.4 is 5.73 Å². The van der Waals surface area contributed by atoms with Gasteiger partial charge in [-0.05, 0) is 43.6 Å². The first kappa shape index (κ1) is 17.9. The highest BCUT2D eigenvalue weighted by atomic mass is 32.2. The third-order valence-electron chi connectivity index (χ3n) is 5.49. The Hall–Kier alpha value is -1.48. The average Bonchev–Trinajstić information content (AvgIpc) is 3.15. The molecule has 2 N–H and O–H groups in total. The molecular weight excluding hydrogens is 356 g/mol. The van der Waals surface area contributed by atoms with Crippen molar-refractivity contribution in [3.63, 3.8) is 0 Å². The van der Waals surface area contributed by atoms with Crippen molar-refractivity contribution in [1.29, 1.82) is 0 Å². The van der Waals surface area contributed by atoms with E-state index in [1.807, 2.05) is 17.4 Å². The van der Waals surface area contributed by atoms with Crippen molar-refractivity contribution in [1.82, 2.24) is 19.0 Å². The lowest BCUT2D eigenvalue weighted by molar-refractivity contribution is 0.0586. The van der Waals surface area contributed by atoms with Crippen molar-refractivity contribution in [2.24, 2.45) is 5.73 Å². The van der Waals surface area contributed by atoms with E-state index in [1.165, 1.54) is 17.7 Å². The topological polar surface area (TPSA) is 50.3 Å². The van der Waals surface area contributed by atoms with Crippen LogP contribution in [0.2, 0.25) is 0 Å². The molecule has 2 aromatic rings. The first-order chi connectivity index (χ1) is 12.5. The van der Waals surface area contributed by atoms with E-state index in [1.54, 1.807) is 11.9 Å². The van der Waals surface area contributed by atoms with E-state index >= 15 is 0 Å². The minimum Gasteiger partial charge on any atom is -0.326 e. The molecule has 8 heteroatoms. The van der Waals surface area contributed by atoms with Crippen LogP contribution in [-0.4, -0.2) is 50.9 Å². The first-order valence-corrected chi connectivity index (χ1v) is 9.91. The van der Waals surface area contributed by atoms with E-state index in [2.05, 4.69) is 21.1 Å². The maximum Gasteiger partial charge on any atom is 0.128 e. The van der Waals surface area contributed by atoms with E-state index in [0.29, 0.717) is 5.56 Å². The number of likely N-dealkylation sites (tertiary alicyclic amines) is 1. The van der Waals surface area contributed by atoms with Gasteiger partial charge in [-0.15, -0.1) is 0 Å². The maximum absolute atomic E-state index is 14.2. The van der Waals surface area contributed by atoms with E-state index in [4.69, 9.17) is 5.73 Å². The number of hydrogen-bond donors (Lipinski definition) is 1. The summed E-state index contributed by atoms with van der Waals surface area (Å²) in [5.41, 5.74) is 9.15. The molecule has 0 radical (unpaired) electrons. The molecule has 1 fully saturated rings. The molecule has 0 bridgehead atoms. The van der Waals surface area contributed by atoms with Gasteiger partial charge in [0.1, 0.15) is 11.6 Å². The second-order valence-electron chi connectivity index (χ2n) is 7.19. The zero-order valence-electron chi connectivity index (χ0n) is 14.9. The number of nitrogens with two attached hydrogens (primary N) is 1. The minimum atomic E-state index is -0.431. The second kappa shape index (κ2) is 6.92.